The van der Waals surface area contributed by atoms with Crippen LogP contribution >= 0.6 is 0 Å². The fraction of sp³-hybridized carbons (Fsp3) is 0.600. The molecule has 1 aliphatic carbocycles. The van der Waals surface area contributed by atoms with Crippen LogP contribution in [0.5, 0.6) is 0 Å². The molecule has 0 spiro atoms. The maximum atomic E-state index is 13.3. The van der Waals surface area contributed by atoms with E-state index in [2.05, 4.69) is 16.0 Å². The molecule has 1 amide bonds. The van der Waals surface area contributed by atoms with E-state index in [1.165, 1.54) is 31.0 Å². The number of ether oxygens (including phenoxy) is 1. The fourth-order valence-corrected chi connectivity index (χ4v) is 4.09. The van der Waals surface area contributed by atoms with Gasteiger partial charge in [-0.25, -0.2) is 0 Å². The van der Waals surface area contributed by atoms with Gasteiger partial charge in [0.2, 0.25) is 0 Å². The SMILES string of the molecule is CN/C=C\CC(C)(COC(C)=O)N1CCn2c(cc3c2CCCC3)C1=O. The lowest BCUT2D eigenvalue weighted by Crippen LogP contribution is -2.56. The van der Waals surface area contributed by atoms with E-state index in [-0.39, 0.29) is 18.5 Å². The fourth-order valence-electron chi connectivity index (χ4n) is 4.09. The maximum Gasteiger partial charge on any atom is 0.302 e. The van der Waals surface area contributed by atoms with Crippen LogP contribution in [0.3, 0.4) is 0 Å². The third-order valence-corrected chi connectivity index (χ3v) is 5.50. The van der Waals surface area contributed by atoms with E-state index in [0.717, 1.165) is 25.1 Å². The van der Waals surface area contributed by atoms with Crippen LogP contribution in [0.15, 0.2) is 18.3 Å². The van der Waals surface area contributed by atoms with Gasteiger partial charge in [-0.05, 0) is 56.9 Å². The lowest BCUT2D eigenvalue weighted by Gasteiger charge is -2.43. The first-order valence-electron chi connectivity index (χ1n) is 9.45. The van der Waals surface area contributed by atoms with Gasteiger partial charge < -0.3 is 19.5 Å². The minimum absolute atomic E-state index is 0.0400. The lowest BCUT2D eigenvalue weighted by atomic mass is 9.94. The van der Waals surface area contributed by atoms with Crippen molar-refractivity contribution in [2.75, 3.05) is 20.2 Å². The number of fused-ring (bicyclic) bond motifs is 3. The van der Waals surface area contributed by atoms with E-state index in [0.29, 0.717) is 13.0 Å². The molecule has 1 aromatic heterocycles. The molecule has 142 valence electrons. The number of nitrogens with one attached hydrogen (secondary N) is 1. The normalized spacial score (nSPS) is 19.0. The van der Waals surface area contributed by atoms with Crippen LogP contribution in [-0.4, -0.2) is 47.1 Å². The van der Waals surface area contributed by atoms with Crippen molar-refractivity contribution in [1.29, 1.82) is 0 Å². The molecule has 0 bridgehead atoms. The van der Waals surface area contributed by atoms with Crippen molar-refractivity contribution in [1.82, 2.24) is 14.8 Å². The predicted octanol–water partition coefficient (Wildman–Crippen LogP) is 2.27. The minimum atomic E-state index is -0.563. The molecule has 0 saturated carbocycles. The van der Waals surface area contributed by atoms with E-state index in [4.69, 9.17) is 4.74 Å². The van der Waals surface area contributed by atoms with Gasteiger partial charge in [0.05, 0.1) is 5.54 Å². The van der Waals surface area contributed by atoms with Crippen molar-refractivity contribution >= 4 is 11.9 Å². The molecule has 1 atom stereocenters. The molecule has 2 heterocycles. The van der Waals surface area contributed by atoms with Gasteiger partial charge in [-0.15, -0.1) is 0 Å². The first-order chi connectivity index (χ1) is 12.5. The summed E-state index contributed by atoms with van der Waals surface area (Å²) in [4.78, 5) is 26.5. The van der Waals surface area contributed by atoms with Crippen LogP contribution in [0.2, 0.25) is 0 Å². The highest BCUT2D eigenvalue weighted by Gasteiger charge is 2.40. The van der Waals surface area contributed by atoms with Crippen molar-refractivity contribution < 1.29 is 14.3 Å². The summed E-state index contributed by atoms with van der Waals surface area (Å²) in [7, 11) is 1.84. The molecule has 26 heavy (non-hydrogen) atoms. The Hall–Kier alpha value is -2.24. The van der Waals surface area contributed by atoms with E-state index in [1.807, 2.05) is 31.1 Å². The average molecular weight is 359 g/mol. The Balaban J connectivity index is 1.87. The Labute approximate surface area is 155 Å². The first-order valence-corrected chi connectivity index (χ1v) is 9.45. The summed E-state index contributed by atoms with van der Waals surface area (Å²) in [6.07, 6.45) is 8.99. The number of amides is 1. The maximum absolute atomic E-state index is 13.3. The van der Waals surface area contributed by atoms with Crippen LogP contribution in [0.25, 0.3) is 0 Å². The predicted molar refractivity (Wildman–Crippen MR) is 100.0 cm³/mol. The van der Waals surface area contributed by atoms with Crippen LogP contribution in [0, 0.1) is 0 Å². The van der Waals surface area contributed by atoms with Crippen molar-refractivity contribution in [3.05, 3.63) is 35.3 Å². The summed E-state index contributed by atoms with van der Waals surface area (Å²) in [5.41, 5.74) is 2.90. The van der Waals surface area contributed by atoms with Crippen molar-refractivity contribution in [3.63, 3.8) is 0 Å². The summed E-state index contributed by atoms with van der Waals surface area (Å²) in [6.45, 7) is 5.04. The summed E-state index contributed by atoms with van der Waals surface area (Å²) in [5, 5.41) is 2.97. The quantitative estimate of drug-likeness (QED) is 0.792. The highest BCUT2D eigenvalue weighted by atomic mass is 16.5. The molecule has 0 radical (unpaired) electrons. The molecular weight excluding hydrogens is 330 g/mol. The van der Waals surface area contributed by atoms with Crippen molar-refractivity contribution in [2.24, 2.45) is 0 Å². The number of aryl methyl sites for hydroxylation is 1. The van der Waals surface area contributed by atoms with Gasteiger partial charge in [-0.2, -0.15) is 0 Å². The second-order valence-electron chi connectivity index (χ2n) is 7.49. The van der Waals surface area contributed by atoms with Crippen LogP contribution in [-0.2, 0) is 28.9 Å². The van der Waals surface area contributed by atoms with Gasteiger partial charge in [0.25, 0.3) is 5.91 Å². The van der Waals surface area contributed by atoms with E-state index in [1.54, 1.807) is 0 Å². The number of carbonyl (C=O) groups is 2. The number of rotatable bonds is 6. The number of esters is 1. The lowest BCUT2D eigenvalue weighted by molar-refractivity contribution is -0.144. The summed E-state index contributed by atoms with van der Waals surface area (Å²) >= 11 is 0. The van der Waals surface area contributed by atoms with E-state index >= 15 is 0 Å². The molecule has 6 nitrogen and oxygen atoms in total. The molecule has 1 aliphatic heterocycles. The highest BCUT2D eigenvalue weighted by Crippen LogP contribution is 2.32. The van der Waals surface area contributed by atoms with Crippen molar-refractivity contribution in [3.8, 4) is 0 Å². The molecule has 1 unspecified atom stereocenters. The van der Waals surface area contributed by atoms with Gasteiger partial charge in [-0.1, -0.05) is 6.08 Å². The standard InChI is InChI=1S/C20H29N3O3/c1-15(24)26-14-20(2,9-6-10-21-3)23-12-11-22-17-8-5-4-7-16(17)13-18(22)19(23)25/h6,10,13,21H,4-5,7-9,11-12,14H2,1-3H3/b10-6-. The van der Waals surface area contributed by atoms with Crippen LogP contribution in [0.4, 0.5) is 0 Å². The largest absolute Gasteiger partial charge is 0.463 e. The van der Waals surface area contributed by atoms with Gasteiger partial charge in [0.15, 0.2) is 0 Å². The van der Waals surface area contributed by atoms with E-state index in [9.17, 15) is 9.59 Å². The second kappa shape index (κ2) is 7.56. The Bertz CT molecular complexity index is 722. The third kappa shape index (κ3) is 3.50. The van der Waals surface area contributed by atoms with Gasteiger partial charge in [-0.3, -0.25) is 9.59 Å². The Kier molecular flexibility index (Phi) is 5.39. The number of aromatic nitrogens is 1. The first kappa shape index (κ1) is 18.5. The molecule has 0 saturated heterocycles. The Morgan fingerprint density at radius 3 is 2.85 bits per heavy atom. The molecule has 1 aromatic rings. The van der Waals surface area contributed by atoms with E-state index < -0.39 is 5.54 Å². The Morgan fingerprint density at radius 1 is 1.35 bits per heavy atom. The summed E-state index contributed by atoms with van der Waals surface area (Å²) in [6, 6.07) is 2.08. The number of hydrogen-bond donors (Lipinski definition) is 1. The highest BCUT2D eigenvalue weighted by molar-refractivity contribution is 5.94. The third-order valence-electron chi connectivity index (χ3n) is 5.50. The molecule has 2 aliphatic rings. The second-order valence-corrected chi connectivity index (χ2v) is 7.49. The molecule has 3 rings (SSSR count). The molecule has 6 heteroatoms. The summed E-state index contributed by atoms with van der Waals surface area (Å²) in [5.74, 6) is -0.282. The smallest absolute Gasteiger partial charge is 0.302 e. The number of carbonyl (C=O) groups excluding carboxylic acids is 2. The number of hydrogen-bond acceptors (Lipinski definition) is 4. The zero-order valence-corrected chi connectivity index (χ0v) is 16.0. The summed E-state index contributed by atoms with van der Waals surface area (Å²) < 4.78 is 7.53. The molecule has 0 aromatic carbocycles. The van der Waals surface area contributed by atoms with Crippen LogP contribution in [0.1, 0.15) is 54.9 Å². The van der Waals surface area contributed by atoms with Gasteiger partial charge in [0, 0.05) is 32.8 Å². The molecular formula is C20H29N3O3. The average Bonchev–Trinajstić information content (AvgIpc) is 3.00. The topological polar surface area (TPSA) is 63.6 Å². The Morgan fingerprint density at radius 2 is 2.12 bits per heavy atom. The number of nitrogens with zero attached hydrogens (tertiary/aromatic N) is 2. The van der Waals surface area contributed by atoms with Gasteiger partial charge in [0.1, 0.15) is 12.3 Å². The zero-order valence-electron chi connectivity index (χ0n) is 16.0. The van der Waals surface area contributed by atoms with Crippen molar-refractivity contribution in [2.45, 2.75) is 58.0 Å². The molecule has 0 fully saturated rings. The molecule has 1 N–H and O–H groups in total. The van der Waals surface area contributed by atoms with Crippen LogP contribution < -0.4 is 5.32 Å². The monoisotopic (exact) mass is 359 g/mol. The minimum Gasteiger partial charge on any atom is -0.463 e. The van der Waals surface area contributed by atoms with Gasteiger partial charge >= 0.3 is 5.97 Å². The zero-order chi connectivity index (χ0) is 18.7.